The summed E-state index contributed by atoms with van der Waals surface area (Å²) < 4.78 is 16.8. The second-order valence-corrected chi connectivity index (χ2v) is 4.37. The van der Waals surface area contributed by atoms with Crippen LogP contribution < -0.4 is 0 Å². The molecule has 1 atom stereocenters. The van der Waals surface area contributed by atoms with E-state index in [-0.39, 0.29) is 19.1 Å². The van der Waals surface area contributed by atoms with E-state index < -0.39 is 12.8 Å². The fourth-order valence-electron chi connectivity index (χ4n) is 1.50. The number of rotatable bonds is 5. The first-order valence-corrected chi connectivity index (χ1v) is 6.15. The Labute approximate surface area is 111 Å². The second-order valence-electron chi connectivity index (χ2n) is 3.97. The molecule has 0 bridgehead atoms. The molecule has 3 nitrogen and oxygen atoms in total. The van der Waals surface area contributed by atoms with E-state index in [1.807, 2.05) is 25.1 Å². The highest BCUT2D eigenvalue weighted by Crippen LogP contribution is 2.26. The van der Waals surface area contributed by atoms with Gasteiger partial charge in [-0.05, 0) is 18.6 Å². The Morgan fingerprint density at radius 2 is 2.17 bits per heavy atom. The normalized spacial score (nSPS) is 12.0. The predicted octanol–water partition coefficient (Wildman–Crippen LogP) is 3.83. The van der Waals surface area contributed by atoms with Crippen molar-refractivity contribution in [3.8, 4) is 0 Å². The molecule has 1 amide bonds. The van der Waals surface area contributed by atoms with Crippen LogP contribution in [0.25, 0.3) is 0 Å². The van der Waals surface area contributed by atoms with Crippen LogP contribution >= 0.6 is 11.6 Å². The van der Waals surface area contributed by atoms with Crippen LogP contribution in [0, 0.1) is 0 Å². The lowest BCUT2D eigenvalue weighted by atomic mass is 10.1. The minimum Gasteiger partial charge on any atom is -0.449 e. The largest absolute Gasteiger partial charge is 0.449 e. The van der Waals surface area contributed by atoms with Crippen LogP contribution in [0.15, 0.2) is 24.3 Å². The van der Waals surface area contributed by atoms with E-state index in [9.17, 15) is 9.18 Å². The van der Waals surface area contributed by atoms with E-state index >= 15 is 0 Å². The number of ether oxygens (including phenoxy) is 1. The van der Waals surface area contributed by atoms with Crippen molar-refractivity contribution in [2.75, 3.05) is 20.3 Å². The molecule has 0 N–H and O–H groups in total. The SMILES string of the molecule is CC(c1ccccc1Cl)N(C)C(=O)OCCCF. The van der Waals surface area contributed by atoms with Gasteiger partial charge in [0.1, 0.15) is 0 Å². The molecule has 0 aliphatic heterocycles. The van der Waals surface area contributed by atoms with Gasteiger partial charge in [0, 0.05) is 18.5 Å². The minimum atomic E-state index is -0.489. The van der Waals surface area contributed by atoms with Crippen LogP contribution in [0.1, 0.15) is 24.9 Å². The summed E-state index contributed by atoms with van der Waals surface area (Å²) in [5.74, 6) is 0. The highest BCUT2D eigenvalue weighted by Gasteiger charge is 2.20. The van der Waals surface area contributed by atoms with E-state index in [0.717, 1.165) is 5.56 Å². The average Bonchev–Trinajstić information content (AvgIpc) is 2.38. The van der Waals surface area contributed by atoms with Crippen LogP contribution in [0.4, 0.5) is 9.18 Å². The first-order chi connectivity index (χ1) is 8.57. The Morgan fingerprint density at radius 3 is 2.78 bits per heavy atom. The molecule has 18 heavy (non-hydrogen) atoms. The molecular formula is C13H17ClFNO2. The Balaban J connectivity index is 2.63. The number of benzene rings is 1. The predicted molar refractivity (Wildman–Crippen MR) is 69.6 cm³/mol. The van der Waals surface area contributed by atoms with Crippen molar-refractivity contribution in [3.63, 3.8) is 0 Å². The standard InChI is InChI=1S/C13H17ClFNO2/c1-10(11-6-3-4-7-12(11)14)16(2)13(17)18-9-5-8-15/h3-4,6-7,10H,5,8-9H2,1-2H3. The summed E-state index contributed by atoms with van der Waals surface area (Å²) in [7, 11) is 1.63. The van der Waals surface area contributed by atoms with Crippen LogP contribution in [0.2, 0.25) is 5.02 Å². The molecule has 1 aromatic carbocycles. The van der Waals surface area contributed by atoms with Crippen molar-refractivity contribution >= 4 is 17.7 Å². The third-order valence-corrected chi connectivity index (χ3v) is 3.07. The van der Waals surface area contributed by atoms with Crippen molar-refractivity contribution in [1.82, 2.24) is 4.90 Å². The lowest BCUT2D eigenvalue weighted by molar-refractivity contribution is 0.0967. The molecule has 1 rings (SSSR count). The highest BCUT2D eigenvalue weighted by molar-refractivity contribution is 6.31. The van der Waals surface area contributed by atoms with Crippen molar-refractivity contribution in [2.45, 2.75) is 19.4 Å². The molecule has 0 saturated carbocycles. The molecule has 0 radical (unpaired) electrons. The quantitative estimate of drug-likeness (QED) is 0.763. The van der Waals surface area contributed by atoms with Gasteiger partial charge in [-0.3, -0.25) is 4.39 Å². The van der Waals surface area contributed by atoms with E-state index in [4.69, 9.17) is 16.3 Å². The summed E-state index contributed by atoms with van der Waals surface area (Å²) in [6, 6.07) is 7.13. The number of carbonyl (C=O) groups excluding carboxylic acids is 1. The lowest BCUT2D eigenvalue weighted by Crippen LogP contribution is -2.30. The van der Waals surface area contributed by atoms with Gasteiger partial charge < -0.3 is 9.64 Å². The van der Waals surface area contributed by atoms with Crippen LogP contribution in [0.5, 0.6) is 0 Å². The maximum Gasteiger partial charge on any atom is 0.410 e. The summed E-state index contributed by atoms with van der Waals surface area (Å²) in [6.07, 6.45) is -0.254. The van der Waals surface area contributed by atoms with Gasteiger partial charge in [0.15, 0.2) is 0 Å². The van der Waals surface area contributed by atoms with Gasteiger partial charge in [-0.15, -0.1) is 0 Å². The number of hydrogen-bond acceptors (Lipinski definition) is 2. The molecule has 0 aliphatic carbocycles. The Kier molecular flexibility index (Phi) is 5.92. The molecule has 1 aromatic rings. The topological polar surface area (TPSA) is 29.5 Å². The van der Waals surface area contributed by atoms with Gasteiger partial charge in [0.25, 0.3) is 0 Å². The molecule has 100 valence electrons. The van der Waals surface area contributed by atoms with Crippen LogP contribution in [-0.4, -0.2) is 31.3 Å². The molecular weight excluding hydrogens is 257 g/mol. The van der Waals surface area contributed by atoms with E-state index in [2.05, 4.69) is 0 Å². The van der Waals surface area contributed by atoms with E-state index in [0.29, 0.717) is 5.02 Å². The maximum atomic E-state index is 11.9. The molecule has 0 fully saturated rings. The van der Waals surface area contributed by atoms with Crippen molar-refractivity contribution in [3.05, 3.63) is 34.9 Å². The molecule has 0 aromatic heterocycles. The molecule has 0 aliphatic rings. The minimum absolute atomic E-state index is 0.0922. The lowest BCUT2D eigenvalue weighted by Gasteiger charge is -2.25. The Hall–Kier alpha value is -1.29. The average molecular weight is 274 g/mol. The van der Waals surface area contributed by atoms with Gasteiger partial charge >= 0.3 is 6.09 Å². The molecule has 5 heteroatoms. The monoisotopic (exact) mass is 273 g/mol. The van der Waals surface area contributed by atoms with Gasteiger partial charge in [-0.25, -0.2) is 4.79 Å². The van der Waals surface area contributed by atoms with Crippen LogP contribution in [-0.2, 0) is 4.74 Å². The van der Waals surface area contributed by atoms with Crippen molar-refractivity contribution < 1.29 is 13.9 Å². The Bertz CT molecular complexity index is 400. The van der Waals surface area contributed by atoms with Gasteiger partial charge in [0.05, 0.1) is 19.3 Å². The van der Waals surface area contributed by atoms with Crippen LogP contribution in [0.3, 0.4) is 0 Å². The van der Waals surface area contributed by atoms with E-state index in [1.165, 1.54) is 4.90 Å². The zero-order valence-corrected chi connectivity index (χ0v) is 11.3. The zero-order chi connectivity index (χ0) is 13.5. The fourth-order valence-corrected chi connectivity index (χ4v) is 1.79. The summed E-state index contributed by atoms with van der Waals surface area (Å²) in [5.41, 5.74) is 0.851. The summed E-state index contributed by atoms with van der Waals surface area (Å²) in [6.45, 7) is 1.46. The smallest absolute Gasteiger partial charge is 0.410 e. The highest BCUT2D eigenvalue weighted by atomic mass is 35.5. The zero-order valence-electron chi connectivity index (χ0n) is 10.5. The first kappa shape index (κ1) is 14.8. The van der Waals surface area contributed by atoms with Crippen molar-refractivity contribution in [2.24, 2.45) is 0 Å². The van der Waals surface area contributed by atoms with Gasteiger partial charge in [-0.1, -0.05) is 29.8 Å². The maximum absolute atomic E-state index is 11.9. The van der Waals surface area contributed by atoms with E-state index in [1.54, 1.807) is 13.1 Å². The number of amides is 1. The summed E-state index contributed by atoms with van der Waals surface area (Å²) in [5, 5.41) is 0.605. The Morgan fingerprint density at radius 1 is 1.50 bits per heavy atom. The number of halogens is 2. The number of hydrogen-bond donors (Lipinski definition) is 0. The molecule has 1 unspecified atom stereocenters. The first-order valence-electron chi connectivity index (χ1n) is 5.78. The third-order valence-electron chi connectivity index (χ3n) is 2.73. The number of alkyl halides is 1. The summed E-state index contributed by atoms with van der Waals surface area (Å²) in [4.78, 5) is 13.1. The molecule has 0 spiro atoms. The third kappa shape index (κ3) is 3.88. The van der Waals surface area contributed by atoms with Gasteiger partial charge in [0.2, 0.25) is 0 Å². The van der Waals surface area contributed by atoms with Gasteiger partial charge in [-0.2, -0.15) is 0 Å². The van der Waals surface area contributed by atoms with Crippen molar-refractivity contribution in [1.29, 1.82) is 0 Å². The molecule has 0 saturated heterocycles. The fraction of sp³-hybridized carbons (Fsp3) is 0.462. The number of nitrogens with zero attached hydrogens (tertiary/aromatic N) is 1. The second kappa shape index (κ2) is 7.21. The summed E-state index contributed by atoms with van der Waals surface area (Å²) >= 11 is 6.07. The number of carbonyl (C=O) groups is 1. The molecule has 0 heterocycles.